The van der Waals surface area contributed by atoms with Crippen LogP contribution < -0.4 is 5.32 Å². The first-order valence-corrected chi connectivity index (χ1v) is 7.21. The maximum atomic E-state index is 11.8. The monoisotopic (exact) mass is 307 g/mol. The smallest absolute Gasteiger partial charge is 0.160 e. The Kier molecular flexibility index (Phi) is 4.59. The van der Waals surface area contributed by atoms with Crippen molar-refractivity contribution in [2.45, 2.75) is 39.0 Å². The van der Waals surface area contributed by atoms with Gasteiger partial charge in [0.05, 0.1) is 0 Å². The lowest BCUT2D eigenvalue weighted by Gasteiger charge is -2.06. The number of Topliss-reactive ketones (excluding diaryl/α,β-unsaturated/α-hetero) is 1. The zero-order valence-electron chi connectivity index (χ0n) is 10.6. The van der Waals surface area contributed by atoms with E-state index < -0.39 is 0 Å². The predicted molar refractivity (Wildman–Crippen MR) is 78.7 cm³/mol. The van der Waals surface area contributed by atoms with Crippen LogP contribution in [-0.4, -0.2) is 5.78 Å². The molecule has 18 heavy (non-hydrogen) atoms. The average molecular weight is 308 g/mol. The van der Waals surface area contributed by atoms with Gasteiger partial charge in [-0.25, -0.2) is 0 Å². The number of carbonyl (C=O) groups excluding carboxylic acids is 1. The zero-order valence-corrected chi connectivity index (χ0v) is 12.2. The quantitative estimate of drug-likeness (QED) is 0.639. The molecule has 96 valence electrons. The number of nitrogens with one attached hydrogen (secondary N) is 1. The number of allylic oxidation sites excluding steroid dienone is 1. The Morgan fingerprint density at radius 2 is 2.00 bits per heavy atom. The summed E-state index contributed by atoms with van der Waals surface area (Å²) in [6, 6.07) is 6.10. The number of carbonyl (C=O) groups is 1. The highest BCUT2D eigenvalue weighted by Crippen LogP contribution is 2.22. The number of aryl methyl sites for hydroxylation is 1. The lowest BCUT2D eigenvalue weighted by atomic mass is 10.1. The van der Waals surface area contributed by atoms with Gasteiger partial charge in [0.1, 0.15) is 0 Å². The maximum absolute atomic E-state index is 11.8. The topological polar surface area (TPSA) is 29.1 Å². The highest BCUT2D eigenvalue weighted by atomic mass is 79.9. The van der Waals surface area contributed by atoms with E-state index in [9.17, 15) is 4.79 Å². The van der Waals surface area contributed by atoms with Gasteiger partial charge in [-0.3, -0.25) is 4.79 Å². The van der Waals surface area contributed by atoms with Crippen LogP contribution in [0.25, 0.3) is 0 Å². The van der Waals surface area contributed by atoms with Gasteiger partial charge in [-0.15, -0.1) is 0 Å². The van der Waals surface area contributed by atoms with Crippen molar-refractivity contribution in [2.24, 2.45) is 0 Å². The van der Waals surface area contributed by atoms with E-state index in [-0.39, 0.29) is 0 Å². The Hall–Kier alpha value is -1.09. The Bertz CT molecular complexity index is 479. The van der Waals surface area contributed by atoms with Gasteiger partial charge in [0.15, 0.2) is 5.78 Å². The van der Waals surface area contributed by atoms with E-state index in [1.54, 1.807) is 0 Å². The Morgan fingerprint density at radius 3 is 2.78 bits per heavy atom. The van der Waals surface area contributed by atoms with Gasteiger partial charge in [-0.05, 0) is 49.9 Å². The molecule has 1 saturated carbocycles. The summed E-state index contributed by atoms with van der Waals surface area (Å²) in [5.74, 6) is 0.300. The molecule has 0 radical (unpaired) electrons. The summed E-state index contributed by atoms with van der Waals surface area (Å²) in [5.41, 5.74) is 3.15. The molecular weight excluding hydrogens is 290 g/mol. The van der Waals surface area contributed by atoms with Crippen LogP contribution in [0.5, 0.6) is 0 Å². The molecule has 0 unspecified atom stereocenters. The first kappa shape index (κ1) is 13.3. The predicted octanol–water partition coefficient (Wildman–Crippen LogP) is 4.59. The fourth-order valence-electron chi connectivity index (χ4n) is 2.14. The molecule has 1 aliphatic rings. The minimum Gasteiger partial charge on any atom is -0.361 e. The average Bonchev–Trinajstić information content (AvgIpc) is 2.56. The van der Waals surface area contributed by atoms with Crippen molar-refractivity contribution >= 4 is 27.4 Å². The molecule has 0 spiro atoms. The van der Waals surface area contributed by atoms with Crippen LogP contribution in [0.1, 0.15) is 37.7 Å². The number of halogens is 1. The Morgan fingerprint density at radius 1 is 1.22 bits per heavy atom. The van der Waals surface area contributed by atoms with Crippen molar-refractivity contribution in [3.8, 4) is 0 Å². The number of anilines is 1. The van der Waals surface area contributed by atoms with Crippen LogP contribution in [0, 0.1) is 6.92 Å². The number of benzene rings is 1. The normalized spacial score (nSPS) is 18.8. The number of hydrogen-bond acceptors (Lipinski definition) is 2. The Labute approximate surface area is 117 Å². The van der Waals surface area contributed by atoms with E-state index in [0.29, 0.717) is 12.2 Å². The molecule has 0 bridgehead atoms. The molecule has 1 fully saturated rings. The second kappa shape index (κ2) is 6.19. The van der Waals surface area contributed by atoms with E-state index >= 15 is 0 Å². The summed E-state index contributed by atoms with van der Waals surface area (Å²) in [5, 5.41) is 3.24. The van der Waals surface area contributed by atoms with Gasteiger partial charge >= 0.3 is 0 Å². The van der Waals surface area contributed by atoms with E-state index in [1.165, 1.54) is 12.0 Å². The summed E-state index contributed by atoms with van der Waals surface area (Å²) in [6.45, 7) is 2.05. The van der Waals surface area contributed by atoms with E-state index in [2.05, 4.69) is 34.2 Å². The standard InChI is InChI=1S/C15H18BrNO/c1-11-9-13(7-8-14(11)16)17-10-12-5-3-2-4-6-15(12)18/h7-10,17H,2-6H2,1H3. The minimum atomic E-state index is 0.300. The van der Waals surface area contributed by atoms with Gasteiger partial charge < -0.3 is 5.32 Å². The molecule has 1 aromatic rings. The maximum Gasteiger partial charge on any atom is 0.160 e. The molecule has 0 aliphatic heterocycles. The highest BCUT2D eigenvalue weighted by molar-refractivity contribution is 9.10. The van der Waals surface area contributed by atoms with E-state index in [4.69, 9.17) is 0 Å². The molecule has 1 N–H and O–H groups in total. The van der Waals surface area contributed by atoms with Gasteiger partial charge in [0, 0.05) is 28.4 Å². The fourth-order valence-corrected chi connectivity index (χ4v) is 2.38. The summed E-state index contributed by atoms with van der Waals surface area (Å²) >= 11 is 3.48. The molecule has 0 atom stereocenters. The third kappa shape index (κ3) is 3.45. The van der Waals surface area contributed by atoms with E-state index in [0.717, 1.165) is 35.0 Å². The van der Waals surface area contributed by atoms with Gasteiger partial charge in [0.25, 0.3) is 0 Å². The fraction of sp³-hybridized carbons (Fsp3) is 0.400. The molecule has 2 rings (SSSR count). The van der Waals surface area contributed by atoms with Gasteiger partial charge in [-0.2, -0.15) is 0 Å². The SMILES string of the molecule is Cc1cc(NC=C2CCCCCC2=O)ccc1Br. The van der Waals surface area contributed by atoms with Gasteiger partial charge in [-0.1, -0.05) is 22.4 Å². The molecule has 1 aliphatic carbocycles. The van der Waals surface area contributed by atoms with Crippen molar-refractivity contribution < 1.29 is 4.79 Å². The largest absolute Gasteiger partial charge is 0.361 e. The summed E-state index contributed by atoms with van der Waals surface area (Å²) < 4.78 is 1.10. The molecular formula is C15H18BrNO. The molecule has 3 heteroatoms. The number of hydrogen-bond donors (Lipinski definition) is 1. The zero-order chi connectivity index (χ0) is 13.0. The van der Waals surface area contributed by atoms with Crippen molar-refractivity contribution in [3.05, 3.63) is 40.0 Å². The molecule has 2 nitrogen and oxygen atoms in total. The van der Waals surface area contributed by atoms with Crippen LogP contribution in [-0.2, 0) is 4.79 Å². The molecule has 0 amide bonds. The summed E-state index contributed by atoms with van der Waals surface area (Å²) in [7, 11) is 0. The molecule has 0 saturated heterocycles. The van der Waals surface area contributed by atoms with E-state index in [1.807, 2.05) is 18.3 Å². The van der Waals surface area contributed by atoms with Crippen molar-refractivity contribution in [1.29, 1.82) is 0 Å². The Balaban J connectivity index is 2.08. The second-order valence-electron chi connectivity index (χ2n) is 4.76. The highest BCUT2D eigenvalue weighted by Gasteiger charge is 2.12. The molecule has 1 aromatic carbocycles. The molecule has 0 heterocycles. The first-order chi connectivity index (χ1) is 8.66. The first-order valence-electron chi connectivity index (χ1n) is 6.42. The van der Waals surface area contributed by atoms with Crippen LogP contribution in [0.2, 0.25) is 0 Å². The molecule has 0 aromatic heterocycles. The van der Waals surface area contributed by atoms with Crippen LogP contribution in [0.15, 0.2) is 34.4 Å². The number of ketones is 1. The third-order valence-corrected chi connectivity index (χ3v) is 4.17. The lowest BCUT2D eigenvalue weighted by molar-refractivity contribution is -0.115. The second-order valence-corrected chi connectivity index (χ2v) is 5.62. The van der Waals surface area contributed by atoms with Gasteiger partial charge in [0.2, 0.25) is 0 Å². The minimum absolute atomic E-state index is 0.300. The summed E-state index contributed by atoms with van der Waals surface area (Å²) in [6.07, 6.45) is 6.82. The number of rotatable bonds is 2. The van der Waals surface area contributed by atoms with Crippen LogP contribution >= 0.6 is 15.9 Å². The summed E-state index contributed by atoms with van der Waals surface area (Å²) in [4.78, 5) is 11.8. The third-order valence-electron chi connectivity index (χ3n) is 3.28. The van der Waals surface area contributed by atoms with Crippen molar-refractivity contribution in [1.82, 2.24) is 0 Å². The van der Waals surface area contributed by atoms with Crippen LogP contribution in [0.3, 0.4) is 0 Å². The van der Waals surface area contributed by atoms with Crippen molar-refractivity contribution in [2.75, 3.05) is 5.32 Å². The van der Waals surface area contributed by atoms with Crippen LogP contribution in [0.4, 0.5) is 5.69 Å². The lowest BCUT2D eigenvalue weighted by Crippen LogP contribution is -2.02. The van der Waals surface area contributed by atoms with Crippen molar-refractivity contribution in [3.63, 3.8) is 0 Å².